The van der Waals surface area contributed by atoms with Gasteiger partial charge in [0.2, 0.25) is 0 Å². The van der Waals surface area contributed by atoms with E-state index >= 15 is 0 Å². The summed E-state index contributed by atoms with van der Waals surface area (Å²) >= 11 is 0. The number of furan rings is 1. The summed E-state index contributed by atoms with van der Waals surface area (Å²) in [7, 11) is 0. The van der Waals surface area contributed by atoms with E-state index in [0.717, 1.165) is 12.8 Å². The summed E-state index contributed by atoms with van der Waals surface area (Å²) in [6.07, 6.45) is 4.40. The molecule has 1 atom stereocenters. The minimum atomic E-state index is -0.953. The van der Waals surface area contributed by atoms with Gasteiger partial charge in [0.05, 0.1) is 12.3 Å². The molecule has 1 fully saturated rings. The Balaban J connectivity index is 1.89. The predicted molar refractivity (Wildman–Crippen MR) is 78.1 cm³/mol. The summed E-state index contributed by atoms with van der Waals surface area (Å²) in [5.41, 5.74) is -1.23. The molecule has 1 saturated carbocycles. The molecule has 1 aromatic heterocycles. The Kier molecular flexibility index (Phi) is 4.82. The number of rotatable bonds is 6. The Labute approximate surface area is 133 Å². The second-order valence-electron chi connectivity index (χ2n) is 5.40. The quantitative estimate of drug-likeness (QED) is 0.483. The van der Waals surface area contributed by atoms with Gasteiger partial charge in [-0.1, -0.05) is 0 Å². The summed E-state index contributed by atoms with van der Waals surface area (Å²) in [6, 6.07) is 6.95. The van der Waals surface area contributed by atoms with Gasteiger partial charge >= 0.3 is 5.97 Å². The molecule has 1 N–H and O–H groups in total. The van der Waals surface area contributed by atoms with Crippen LogP contribution in [0.5, 0.6) is 0 Å². The average Bonchev–Trinajstić information content (AvgIpc) is 3.28. The molecular formula is C16H15N3O4. The molecule has 2 rings (SSSR count). The van der Waals surface area contributed by atoms with Gasteiger partial charge in [-0.2, -0.15) is 10.5 Å². The van der Waals surface area contributed by atoms with E-state index in [4.69, 9.17) is 19.7 Å². The lowest BCUT2D eigenvalue weighted by Crippen LogP contribution is -2.48. The van der Waals surface area contributed by atoms with Crippen molar-refractivity contribution in [2.75, 3.05) is 6.61 Å². The molecule has 118 valence electrons. The topological polar surface area (TPSA) is 116 Å². The minimum Gasteiger partial charge on any atom is -0.465 e. The minimum absolute atomic E-state index is 0.126. The van der Waals surface area contributed by atoms with Gasteiger partial charge in [-0.3, -0.25) is 4.79 Å². The Morgan fingerprint density at radius 2 is 2.26 bits per heavy atom. The van der Waals surface area contributed by atoms with Crippen molar-refractivity contribution in [3.63, 3.8) is 0 Å². The summed E-state index contributed by atoms with van der Waals surface area (Å²) in [6.45, 7) is 1.09. The van der Waals surface area contributed by atoms with E-state index in [9.17, 15) is 9.59 Å². The van der Waals surface area contributed by atoms with Crippen LogP contribution >= 0.6 is 0 Å². The zero-order chi connectivity index (χ0) is 16.9. The van der Waals surface area contributed by atoms with Crippen molar-refractivity contribution in [1.82, 2.24) is 5.32 Å². The van der Waals surface area contributed by atoms with Gasteiger partial charge in [-0.15, -0.1) is 0 Å². The summed E-state index contributed by atoms with van der Waals surface area (Å²) in [5, 5.41) is 20.7. The van der Waals surface area contributed by atoms with Crippen LogP contribution in [0.4, 0.5) is 0 Å². The van der Waals surface area contributed by atoms with Crippen LogP contribution in [-0.2, 0) is 14.3 Å². The molecule has 1 aliphatic carbocycles. The Morgan fingerprint density at radius 1 is 1.52 bits per heavy atom. The van der Waals surface area contributed by atoms with Crippen LogP contribution in [-0.4, -0.2) is 24.0 Å². The van der Waals surface area contributed by atoms with Gasteiger partial charge < -0.3 is 14.5 Å². The summed E-state index contributed by atoms with van der Waals surface area (Å²) in [5.74, 6) is -1.05. The van der Waals surface area contributed by atoms with Gasteiger partial charge in [0.1, 0.15) is 22.9 Å². The lowest BCUT2D eigenvalue weighted by atomic mass is 9.98. The van der Waals surface area contributed by atoms with Crippen LogP contribution in [0, 0.1) is 28.6 Å². The predicted octanol–water partition coefficient (Wildman–Crippen LogP) is 1.54. The third kappa shape index (κ3) is 4.21. The van der Waals surface area contributed by atoms with E-state index < -0.39 is 24.0 Å². The van der Waals surface area contributed by atoms with Gasteiger partial charge in [-0.25, -0.2) is 4.79 Å². The van der Waals surface area contributed by atoms with Crippen molar-refractivity contribution in [1.29, 1.82) is 10.5 Å². The standard InChI is InChI=1S/C16H15N3O4/c1-16(10-18,12-4-5-12)19-14(20)9-23-15(21)11(8-17)7-13-3-2-6-22-13/h2-3,6-7,12H,4-5,9H2,1H3,(H,19,20)/b11-7+/t16-/m1/s1. The van der Waals surface area contributed by atoms with Crippen LogP contribution < -0.4 is 5.32 Å². The number of ether oxygens (including phenoxy) is 1. The molecule has 0 aromatic carbocycles. The molecule has 0 spiro atoms. The molecule has 0 unspecified atom stereocenters. The van der Waals surface area contributed by atoms with E-state index in [1.165, 1.54) is 12.3 Å². The normalized spacial score (nSPS) is 16.6. The molecule has 1 aromatic rings. The Bertz CT molecular complexity index is 705. The molecule has 1 heterocycles. The van der Waals surface area contributed by atoms with Crippen molar-refractivity contribution in [2.24, 2.45) is 5.92 Å². The maximum atomic E-state index is 11.8. The molecule has 7 nitrogen and oxygen atoms in total. The highest BCUT2D eigenvalue weighted by atomic mass is 16.5. The molecule has 23 heavy (non-hydrogen) atoms. The van der Waals surface area contributed by atoms with E-state index in [0.29, 0.717) is 5.76 Å². The zero-order valence-corrected chi connectivity index (χ0v) is 12.5. The first kappa shape index (κ1) is 16.3. The molecule has 0 saturated heterocycles. The van der Waals surface area contributed by atoms with E-state index in [-0.39, 0.29) is 11.5 Å². The van der Waals surface area contributed by atoms with Crippen molar-refractivity contribution < 1.29 is 18.7 Å². The van der Waals surface area contributed by atoms with E-state index in [2.05, 4.69) is 11.4 Å². The molecule has 7 heteroatoms. The maximum absolute atomic E-state index is 11.8. The zero-order valence-electron chi connectivity index (χ0n) is 12.5. The fourth-order valence-corrected chi connectivity index (χ4v) is 2.07. The SMILES string of the molecule is C[C@](C#N)(NC(=O)COC(=O)/C(C#N)=C/c1ccco1)C1CC1. The number of amides is 1. The fourth-order valence-electron chi connectivity index (χ4n) is 2.07. The van der Waals surface area contributed by atoms with Crippen LogP contribution in [0.25, 0.3) is 6.08 Å². The third-order valence-corrected chi connectivity index (χ3v) is 3.53. The van der Waals surface area contributed by atoms with E-state index in [1.807, 2.05) is 0 Å². The van der Waals surface area contributed by atoms with Crippen LogP contribution in [0.1, 0.15) is 25.5 Å². The summed E-state index contributed by atoms with van der Waals surface area (Å²) in [4.78, 5) is 23.6. The monoisotopic (exact) mass is 313 g/mol. The number of carbonyl (C=O) groups is 2. The number of carbonyl (C=O) groups excluding carboxylic acids is 2. The van der Waals surface area contributed by atoms with Gasteiger partial charge in [0, 0.05) is 6.08 Å². The van der Waals surface area contributed by atoms with Crippen molar-refractivity contribution >= 4 is 18.0 Å². The Morgan fingerprint density at radius 3 is 2.78 bits per heavy atom. The van der Waals surface area contributed by atoms with Crippen LogP contribution in [0.3, 0.4) is 0 Å². The number of hydrogen-bond donors (Lipinski definition) is 1. The van der Waals surface area contributed by atoms with Crippen LogP contribution in [0.15, 0.2) is 28.4 Å². The second kappa shape index (κ2) is 6.80. The first-order chi connectivity index (χ1) is 11.0. The lowest BCUT2D eigenvalue weighted by molar-refractivity contribution is -0.144. The van der Waals surface area contributed by atoms with Crippen molar-refractivity contribution in [2.45, 2.75) is 25.3 Å². The summed E-state index contributed by atoms with van der Waals surface area (Å²) < 4.78 is 9.81. The van der Waals surface area contributed by atoms with Gasteiger partial charge in [-0.05, 0) is 37.8 Å². The Hall–Kier alpha value is -3.06. The first-order valence-corrected chi connectivity index (χ1v) is 7.03. The van der Waals surface area contributed by atoms with E-state index in [1.54, 1.807) is 25.1 Å². The molecule has 1 aliphatic rings. The third-order valence-electron chi connectivity index (χ3n) is 3.53. The highest BCUT2D eigenvalue weighted by molar-refractivity contribution is 5.98. The molecule has 0 radical (unpaired) electrons. The highest BCUT2D eigenvalue weighted by Gasteiger charge is 2.43. The molecule has 0 aliphatic heterocycles. The molecular weight excluding hydrogens is 298 g/mol. The fraction of sp³-hybridized carbons (Fsp3) is 0.375. The number of hydrogen-bond acceptors (Lipinski definition) is 6. The number of nitriles is 2. The number of nitrogens with zero attached hydrogens (tertiary/aromatic N) is 2. The number of nitrogens with one attached hydrogen (secondary N) is 1. The number of esters is 1. The highest BCUT2D eigenvalue weighted by Crippen LogP contribution is 2.39. The van der Waals surface area contributed by atoms with Crippen molar-refractivity contribution in [3.05, 3.63) is 29.7 Å². The van der Waals surface area contributed by atoms with Crippen molar-refractivity contribution in [3.8, 4) is 12.1 Å². The first-order valence-electron chi connectivity index (χ1n) is 7.03. The van der Waals surface area contributed by atoms with Crippen LogP contribution in [0.2, 0.25) is 0 Å². The second-order valence-corrected chi connectivity index (χ2v) is 5.40. The largest absolute Gasteiger partial charge is 0.465 e. The smallest absolute Gasteiger partial charge is 0.349 e. The lowest BCUT2D eigenvalue weighted by Gasteiger charge is -2.22. The van der Waals surface area contributed by atoms with Gasteiger partial charge in [0.25, 0.3) is 5.91 Å². The molecule has 0 bridgehead atoms. The molecule has 1 amide bonds. The maximum Gasteiger partial charge on any atom is 0.349 e. The average molecular weight is 313 g/mol. The van der Waals surface area contributed by atoms with Gasteiger partial charge in [0.15, 0.2) is 6.61 Å².